The van der Waals surface area contributed by atoms with Gasteiger partial charge in [0.25, 0.3) is 5.91 Å². The maximum absolute atomic E-state index is 14.7. The van der Waals surface area contributed by atoms with Crippen molar-refractivity contribution in [2.45, 2.75) is 82.1 Å². The van der Waals surface area contributed by atoms with Crippen LogP contribution in [0.3, 0.4) is 0 Å². The summed E-state index contributed by atoms with van der Waals surface area (Å²) in [6, 6.07) is 13.8. The fourth-order valence-electron chi connectivity index (χ4n) is 11.9. The number of piperazine rings is 1. The molecule has 11 rings (SSSR count). The number of amides is 4. The molecule has 1 atom stereocenters. The van der Waals surface area contributed by atoms with Gasteiger partial charge in [0.15, 0.2) is 0 Å². The van der Waals surface area contributed by atoms with Gasteiger partial charge in [-0.3, -0.25) is 43.3 Å². The van der Waals surface area contributed by atoms with E-state index in [0.717, 1.165) is 98.5 Å². The molecule has 1 N–H and O–H groups in total. The van der Waals surface area contributed by atoms with Crippen LogP contribution in [0.5, 0.6) is 0 Å². The zero-order chi connectivity index (χ0) is 49.9. The molecule has 72 heavy (non-hydrogen) atoms. The topological polar surface area (TPSA) is 163 Å². The Balaban J connectivity index is 0.644. The molecular formula is C52H60F3N11O6. The zero-order valence-corrected chi connectivity index (χ0v) is 40.5. The highest BCUT2D eigenvalue weighted by molar-refractivity contribution is 6.05. The fraction of sp³-hybridized carbons (Fsp3) is 0.519. The van der Waals surface area contributed by atoms with Crippen molar-refractivity contribution >= 4 is 34.8 Å². The molecule has 3 aromatic heterocycles. The molecule has 9 heterocycles. The first-order chi connectivity index (χ1) is 34.7. The second-order valence-corrected chi connectivity index (χ2v) is 20.9. The minimum Gasteiger partial charge on any atom is -0.379 e. The minimum atomic E-state index is -4.69. The number of nitrogens with zero attached hydrogens (tertiary/aromatic N) is 10. The minimum absolute atomic E-state index is 0.167. The van der Waals surface area contributed by atoms with Crippen LogP contribution in [-0.2, 0) is 57.3 Å². The molecule has 20 heteroatoms. The number of likely N-dealkylation sites (tertiary alicyclic amines) is 2. The maximum atomic E-state index is 14.7. The molecule has 0 unspecified atom stereocenters. The lowest BCUT2D eigenvalue weighted by Crippen LogP contribution is -2.52. The monoisotopic (exact) mass is 991 g/mol. The molecule has 0 bridgehead atoms. The Morgan fingerprint density at radius 2 is 1.61 bits per heavy atom. The number of nitrogens with one attached hydrogen (secondary N) is 1. The molecule has 0 radical (unpaired) electrons. The van der Waals surface area contributed by atoms with E-state index in [0.29, 0.717) is 74.8 Å². The van der Waals surface area contributed by atoms with E-state index in [9.17, 15) is 37.1 Å². The number of aromatic nitrogens is 5. The van der Waals surface area contributed by atoms with Crippen molar-refractivity contribution in [1.82, 2.24) is 48.6 Å². The van der Waals surface area contributed by atoms with Gasteiger partial charge in [0.1, 0.15) is 18.2 Å². The third kappa shape index (κ3) is 9.43. The number of imide groups is 1. The average molecular weight is 992 g/mol. The summed E-state index contributed by atoms with van der Waals surface area (Å²) in [6.45, 7) is 8.80. The van der Waals surface area contributed by atoms with E-state index < -0.39 is 34.8 Å². The molecule has 6 aliphatic rings. The van der Waals surface area contributed by atoms with Crippen LogP contribution in [0, 0.1) is 11.8 Å². The van der Waals surface area contributed by atoms with Crippen LogP contribution in [-0.4, -0.2) is 145 Å². The summed E-state index contributed by atoms with van der Waals surface area (Å²) < 4.78 is 54.0. The standard InChI is InChI=1S/C52H60F3N11O6/c1-59-33-56-58-45(59)25-51(31-72-32-51)38-3-2-4-40(24-38)64-30-44-42(52(53,54)55)21-36(28-66(44)50(64)71)27-60-13-9-34(10-14-60)22-47(68)63-15-11-35(12-16-63)26-61-17-19-62(20-18-61)39-5-6-41-37(23-39)29-65(49(41)70)43-7-8-46(67)57-48(43)69/h2-6,21,23-24,28,30,33-35,43H,7-20,22,25-27,29,31-32H2,1H3,(H,57,67,69)/t43-/m0/s1. The van der Waals surface area contributed by atoms with E-state index in [4.69, 9.17) is 4.74 Å². The predicted molar refractivity (Wildman–Crippen MR) is 258 cm³/mol. The van der Waals surface area contributed by atoms with Crippen LogP contribution in [0.1, 0.15) is 83.4 Å². The van der Waals surface area contributed by atoms with Gasteiger partial charge in [0.05, 0.1) is 30.0 Å². The summed E-state index contributed by atoms with van der Waals surface area (Å²) in [4.78, 5) is 75.4. The van der Waals surface area contributed by atoms with Crippen molar-refractivity contribution in [2.24, 2.45) is 18.9 Å². The van der Waals surface area contributed by atoms with Crippen molar-refractivity contribution in [3.05, 3.63) is 111 Å². The van der Waals surface area contributed by atoms with E-state index in [1.807, 2.05) is 46.8 Å². The summed E-state index contributed by atoms with van der Waals surface area (Å²) in [5.41, 5.74) is 2.29. The summed E-state index contributed by atoms with van der Waals surface area (Å²) in [5.74, 6) is 0.784. The summed E-state index contributed by atoms with van der Waals surface area (Å²) in [6.07, 6.45) is 4.79. The number of pyridine rings is 1. The van der Waals surface area contributed by atoms with E-state index >= 15 is 0 Å². The number of aryl methyl sites for hydroxylation is 1. The van der Waals surface area contributed by atoms with Crippen molar-refractivity contribution in [2.75, 3.05) is 77.0 Å². The van der Waals surface area contributed by atoms with Gasteiger partial charge in [0.2, 0.25) is 17.7 Å². The van der Waals surface area contributed by atoms with Crippen LogP contribution in [0.4, 0.5) is 18.9 Å². The summed E-state index contributed by atoms with van der Waals surface area (Å²) in [7, 11) is 1.87. The van der Waals surface area contributed by atoms with Crippen LogP contribution >= 0.6 is 0 Å². The van der Waals surface area contributed by atoms with Gasteiger partial charge in [-0.2, -0.15) is 13.2 Å². The predicted octanol–water partition coefficient (Wildman–Crippen LogP) is 4.17. The van der Waals surface area contributed by atoms with Crippen LogP contribution < -0.4 is 15.9 Å². The number of piperidine rings is 3. The molecule has 17 nitrogen and oxygen atoms in total. The molecule has 5 fully saturated rings. The van der Waals surface area contributed by atoms with Gasteiger partial charge >= 0.3 is 11.9 Å². The maximum Gasteiger partial charge on any atom is 0.418 e. The van der Waals surface area contributed by atoms with Gasteiger partial charge in [-0.05, 0) is 110 Å². The Bertz CT molecular complexity index is 2960. The Labute approximate surface area is 414 Å². The van der Waals surface area contributed by atoms with Gasteiger partial charge in [-0.25, -0.2) is 4.79 Å². The van der Waals surface area contributed by atoms with Gasteiger partial charge < -0.3 is 24.0 Å². The number of alkyl halides is 3. The lowest BCUT2D eigenvalue weighted by Gasteiger charge is -2.41. The largest absolute Gasteiger partial charge is 0.418 e. The number of carbonyl (C=O) groups is 4. The molecular weight excluding hydrogens is 932 g/mol. The number of fused-ring (bicyclic) bond motifs is 2. The first kappa shape index (κ1) is 47.9. The third-order valence-electron chi connectivity index (χ3n) is 16.2. The molecule has 5 saturated heterocycles. The Morgan fingerprint density at radius 3 is 2.31 bits per heavy atom. The van der Waals surface area contributed by atoms with E-state index in [-0.39, 0.29) is 42.1 Å². The molecule has 0 aliphatic carbocycles. The lowest BCUT2D eigenvalue weighted by molar-refractivity contribution is -0.137. The number of carbonyl (C=O) groups excluding carboxylic acids is 4. The van der Waals surface area contributed by atoms with Crippen LogP contribution in [0.15, 0.2) is 72.0 Å². The highest BCUT2D eigenvalue weighted by Gasteiger charge is 2.43. The molecule has 4 amide bonds. The van der Waals surface area contributed by atoms with Crippen molar-refractivity contribution in [1.29, 1.82) is 0 Å². The summed E-state index contributed by atoms with van der Waals surface area (Å²) >= 11 is 0. The number of benzene rings is 2. The SMILES string of the molecule is Cn1cnnc1CC1(c2cccc(-n3cc4c(C(F)(F)F)cc(CN5CCC(CC(=O)N6CCC(CN7CCN(c8ccc9c(c8)CN([C@H]8CCC(=O)NC8=O)C9=O)CC7)CC6)CC5)cn4c3=O)c2)COC1. The molecule has 2 aromatic carbocycles. The normalized spacial score (nSPS) is 21.6. The number of rotatable bonds is 12. The van der Waals surface area contributed by atoms with Crippen LogP contribution in [0.25, 0.3) is 11.2 Å². The molecule has 0 spiro atoms. The Morgan fingerprint density at radius 1 is 0.847 bits per heavy atom. The smallest absolute Gasteiger partial charge is 0.379 e. The highest BCUT2D eigenvalue weighted by Crippen LogP contribution is 2.38. The average Bonchev–Trinajstić information content (AvgIpc) is 4.03. The second-order valence-electron chi connectivity index (χ2n) is 20.9. The molecule has 5 aromatic rings. The van der Waals surface area contributed by atoms with Gasteiger partial charge in [-0.1, -0.05) is 12.1 Å². The summed E-state index contributed by atoms with van der Waals surface area (Å²) in [5, 5.41) is 10.6. The number of hydrogen-bond acceptors (Lipinski definition) is 11. The Hall–Kier alpha value is -6.38. The quantitative estimate of drug-likeness (QED) is 0.179. The van der Waals surface area contributed by atoms with Gasteiger partial charge in [-0.15, -0.1) is 10.2 Å². The fourth-order valence-corrected chi connectivity index (χ4v) is 11.9. The molecule has 6 aliphatic heterocycles. The van der Waals surface area contributed by atoms with E-state index in [1.54, 1.807) is 17.3 Å². The Kier molecular flexibility index (Phi) is 12.8. The van der Waals surface area contributed by atoms with Gasteiger partial charge in [0, 0.05) is 114 Å². The number of hydrogen-bond donors (Lipinski definition) is 1. The lowest BCUT2D eigenvalue weighted by atomic mass is 9.75. The van der Waals surface area contributed by atoms with Crippen molar-refractivity contribution in [3.63, 3.8) is 0 Å². The van der Waals surface area contributed by atoms with Crippen molar-refractivity contribution in [3.8, 4) is 5.69 Å². The van der Waals surface area contributed by atoms with Crippen molar-refractivity contribution < 1.29 is 37.1 Å². The number of ether oxygens (including phenoxy) is 1. The second kappa shape index (κ2) is 19.2. The number of halogens is 3. The first-order valence-corrected chi connectivity index (χ1v) is 25.3. The third-order valence-corrected chi connectivity index (χ3v) is 16.2. The highest BCUT2D eigenvalue weighted by atomic mass is 19.4. The first-order valence-electron chi connectivity index (χ1n) is 25.3. The van der Waals surface area contributed by atoms with Crippen LogP contribution in [0.2, 0.25) is 0 Å². The molecule has 380 valence electrons. The number of anilines is 1. The van der Waals surface area contributed by atoms with E-state index in [1.165, 1.54) is 23.0 Å². The zero-order valence-electron chi connectivity index (χ0n) is 40.5. The van der Waals surface area contributed by atoms with E-state index in [2.05, 4.69) is 36.3 Å². The molecule has 0 saturated carbocycles. The number of imidazole rings is 1.